The van der Waals surface area contributed by atoms with Gasteiger partial charge in [0.05, 0.1) is 0 Å². The fraction of sp³-hybridized carbons (Fsp3) is 0.571. The number of nitrogen functional groups attached to an aromatic ring is 1. The lowest BCUT2D eigenvalue weighted by molar-refractivity contribution is 0.179. The average Bonchev–Trinajstić information content (AvgIpc) is 2.32. The van der Waals surface area contributed by atoms with Gasteiger partial charge in [-0.05, 0) is 50.6 Å². The molecule has 0 aliphatic carbocycles. The van der Waals surface area contributed by atoms with Crippen LogP contribution in [0.1, 0.15) is 18.4 Å². The third-order valence-electron chi connectivity index (χ3n) is 2.87. The Kier molecular flexibility index (Phi) is 6.67. The maximum Gasteiger partial charge on any atom is 0.0474 e. The molecule has 0 fully saturated rings. The van der Waals surface area contributed by atoms with E-state index in [1.54, 1.807) is 7.11 Å². The van der Waals surface area contributed by atoms with Crippen LogP contribution in [0.2, 0.25) is 0 Å². The van der Waals surface area contributed by atoms with Crippen LogP contribution >= 0.6 is 0 Å². The maximum absolute atomic E-state index is 5.65. The van der Waals surface area contributed by atoms with Crippen molar-refractivity contribution in [2.75, 3.05) is 39.6 Å². The van der Waals surface area contributed by atoms with E-state index in [-0.39, 0.29) is 0 Å². The molecule has 1 aromatic rings. The minimum atomic E-state index is 0.838. The maximum atomic E-state index is 5.65. The molecule has 17 heavy (non-hydrogen) atoms. The molecule has 0 radical (unpaired) electrons. The van der Waals surface area contributed by atoms with Gasteiger partial charge < -0.3 is 15.4 Å². The number of nitrogens with zero attached hydrogens (tertiary/aromatic N) is 1. The first-order valence-corrected chi connectivity index (χ1v) is 6.24. The average molecular weight is 236 g/mol. The van der Waals surface area contributed by atoms with Gasteiger partial charge in [0.25, 0.3) is 0 Å². The Balaban J connectivity index is 2.12. The monoisotopic (exact) mass is 236 g/mol. The molecule has 0 aromatic heterocycles. The normalized spacial score (nSPS) is 11.0. The molecular formula is C14H24N2O. The van der Waals surface area contributed by atoms with Gasteiger partial charge in [-0.2, -0.15) is 0 Å². The number of benzene rings is 1. The van der Waals surface area contributed by atoms with Gasteiger partial charge in [0.15, 0.2) is 0 Å². The minimum absolute atomic E-state index is 0.838. The molecule has 0 aliphatic rings. The fourth-order valence-electron chi connectivity index (χ4n) is 1.83. The highest BCUT2D eigenvalue weighted by atomic mass is 16.5. The smallest absolute Gasteiger partial charge is 0.0474 e. The minimum Gasteiger partial charge on any atom is -0.399 e. The van der Waals surface area contributed by atoms with Crippen molar-refractivity contribution in [1.29, 1.82) is 0 Å². The molecule has 0 aliphatic heterocycles. The number of hydrogen-bond donors (Lipinski definition) is 1. The summed E-state index contributed by atoms with van der Waals surface area (Å²) in [7, 11) is 3.92. The van der Waals surface area contributed by atoms with Crippen LogP contribution in [0, 0.1) is 0 Å². The largest absolute Gasteiger partial charge is 0.399 e. The van der Waals surface area contributed by atoms with Crippen LogP contribution in [-0.2, 0) is 11.2 Å². The molecule has 96 valence electrons. The van der Waals surface area contributed by atoms with Gasteiger partial charge >= 0.3 is 0 Å². The summed E-state index contributed by atoms with van der Waals surface area (Å²) < 4.78 is 5.04. The van der Waals surface area contributed by atoms with Crippen LogP contribution in [0.15, 0.2) is 24.3 Å². The summed E-state index contributed by atoms with van der Waals surface area (Å²) >= 11 is 0. The quantitative estimate of drug-likeness (QED) is 0.555. The van der Waals surface area contributed by atoms with Gasteiger partial charge in [0.1, 0.15) is 0 Å². The van der Waals surface area contributed by atoms with Crippen molar-refractivity contribution in [1.82, 2.24) is 4.90 Å². The molecule has 0 saturated heterocycles. The molecule has 0 spiro atoms. The second-order valence-electron chi connectivity index (χ2n) is 4.49. The Labute approximate surface area is 105 Å². The molecule has 1 aromatic carbocycles. The molecule has 0 unspecified atom stereocenters. The molecule has 3 heteroatoms. The highest BCUT2D eigenvalue weighted by molar-refractivity contribution is 5.39. The second-order valence-corrected chi connectivity index (χ2v) is 4.49. The van der Waals surface area contributed by atoms with Gasteiger partial charge in [-0.15, -0.1) is 0 Å². The topological polar surface area (TPSA) is 38.5 Å². The fourth-order valence-corrected chi connectivity index (χ4v) is 1.83. The van der Waals surface area contributed by atoms with Gasteiger partial charge in [0, 0.05) is 25.9 Å². The number of aryl methyl sites for hydroxylation is 1. The Morgan fingerprint density at radius 3 is 2.41 bits per heavy atom. The van der Waals surface area contributed by atoms with Crippen molar-refractivity contribution >= 4 is 5.69 Å². The molecule has 0 saturated carbocycles. The summed E-state index contributed by atoms with van der Waals surface area (Å²) in [5.74, 6) is 0. The van der Waals surface area contributed by atoms with Crippen LogP contribution in [-0.4, -0.2) is 38.8 Å². The third-order valence-corrected chi connectivity index (χ3v) is 2.87. The zero-order valence-electron chi connectivity index (χ0n) is 11.0. The van der Waals surface area contributed by atoms with Gasteiger partial charge in [-0.1, -0.05) is 12.1 Å². The van der Waals surface area contributed by atoms with Gasteiger partial charge in [-0.3, -0.25) is 0 Å². The lowest BCUT2D eigenvalue weighted by Crippen LogP contribution is -2.22. The van der Waals surface area contributed by atoms with Crippen molar-refractivity contribution in [2.45, 2.75) is 19.3 Å². The van der Waals surface area contributed by atoms with Crippen molar-refractivity contribution in [2.24, 2.45) is 0 Å². The zero-order chi connectivity index (χ0) is 12.5. The number of methoxy groups -OCH3 is 1. The number of nitrogens with two attached hydrogens (primary N) is 1. The van der Waals surface area contributed by atoms with E-state index >= 15 is 0 Å². The number of hydrogen-bond acceptors (Lipinski definition) is 3. The summed E-state index contributed by atoms with van der Waals surface area (Å²) in [4.78, 5) is 2.36. The zero-order valence-corrected chi connectivity index (χ0v) is 11.0. The molecule has 0 amide bonds. The van der Waals surface area contributed by atoms with E-state index in [1.165, 1.54) is 12.0 Å². The summed E-state index contributed by atoms with van der Waals surface area (Å²) in [5.41, 5.74) is 7.86. The number of ether oxygens (including phenoxy) is 1. The summed E-state index contributed by atoms with van der Waals surface area (Å²) in [5, 5.41) is 0. The molecule has 0 bridgehead atoms. The van der Waals surface area contributed by atoms with Crippen LogP contribution in [0.5, 0.6) is 0 Å². The first-order chi connectivity index (χ1) is 8.22. The second kappa shape index (κ2) is 8.09. The highest BCUT2D eigenvalue weighted by Crippen LogP contribution is 2.07. The van der Waals surface area contributed by atoms with Gasteiger partial charge in [0.2, 0.25) is 0 Å². The third kappa shape index (κ3) is 6.29. The highest BCUT2D eigenvalue weighted by Gasteiger charge is 1.99. The first-order valence-electron chi connectivity index (χ1n) is 6.24. The Bertz CT molecular complexity index is 298. The Morgan fingerprint density at radius 1 is 1.12 bits per heavy atom. The van der Waals surface area contributed by atoms with E-state index in [2.05, 4.69) is 24.1 Å². The molecule has 1 rings (SSSR count). The van der Waals surface area contributed by atoms with E-state index in [0.717, 1.165) is 38.2 Å². The van der Waals surface area contributed by atoms with Crippen molar-refractivity contribution in [3.05, 3.63) is 29.8 Å². The number of anilines is 1. The molecular weight excluding hydrogens is 212 g/mol. The van der Waals surface area contributed by atoms with Crippen LogP contribution in [0.25, 0.3) is 0 Å². The standard InChI is InChI=1S/C14H24N2O/c1-16(11-4-12-17-2)10-3-5-13-6-8-14(15)9-7-13/h6-9H,3-5,10-12,15H2,1-2H3. The van der Waals surface area contributed by atoms with E-state index in [1.807, 2.05) is 12.1 Å². The number of rotatable bonds is 8. The summed E-state index contributed by atoms with van der Waals surface area (Å²) in [6.07, 6.45) is 3.41. The van der Waals surface area contributed by atoms with Crippen molar-refractivity contribution in [3.63, 3.8) is 0 Å². The van der Waals surface area contributed by atoms with Crippen LogP contribution in [0.4, 0.5) is 5.69 Å². The summed E-state index contributed by atoms with van der Waals surface area (Å²) in [6.45, 7) is 3.09. The molecule has 3 nitrogen and oxygen atoms in total. The molecule has 2 N–H and O–H groups in total. The van der Waals surface area contributed by atoms with E-state index in [9.17, 15) is 0 Å². The van der Waals surface area contributed by atoms with Crippen LogP contribution < -0.4 is 5.73 Å². The Morgan fingerprint density at radius 2 is 1.76 bits per heavy atom. The Hall–Kier alpha value is -1.06. The predicted molar refractivity (Wildman–Crippen MR) is 73.2 cm³/mol. The predicted octanol–water partition coefficient (Wildman–Crippen LogP) is 2.17. The SMILES string of the molecule is COCCCN(C)CCCc1ccc(N)cc1. The van der Waals surface area contributed by atoms with E-state index in [4.69, 9.17) is 10.5 Å². The lowest BCUT2D eigenvalue weighted by atomic mass is 10.1. The molecule has 0 atom stereocenters. The van der Waals surface area contributed by atoms with E-state index in [0.29, 0.717) is 0 Å². The van der Waals surface area contributed by atoms with Crippen LogP contribution in [0.3, 0.4) is 0 Å². The van der Waals surface area contributed by atoms with Crippen molar-refractivity contribution < 1.29 is 4.74 Å². The molecule has 0 heterocycles. The first kappa shape index (κ1) is 14.0. The lowest BCUT2D eigenvalue weighted by Gasteiger charge is -2.16. The summed E-state index contributed by atoms with van der Waals surface area (Å²) in [6, 6.07) is 8.16. The van der Waals surface area contributed by atoms with E-state index < -0.39 is 0 Å². The van der Waals surface area contributed by atoms with Crippen molar-refractivity contribution in [3.8, 4) is 0 Å². The van der Waals surface area contributed by atoms with Gasteiger partial charge in [-0.25, -0.2) is 0 Å².